The molecule has 0 aliphatic heterocycles. The molecule has 0 aliphatic carbocycles. The van der Waals surface area contributed by atoms with Gasteiger partial charge in [0.2, 0.25) is 0 Å². The van der Waals surface area contributed by atoms with E-state index in [0.717, 1.165) is 15.6 Å². The summed E-state index contributed by atoms with van der Waals surface area (Å²) in [6.07, 6.45) is 1.54. The minimum Gasteiger partial charge on any atom is -0.497 e. The fourth-order valence-corrected chi connectivity index (χ4v) is 3.17. The maximum Gasteiger partial charge on any atom is 0.271 e. The summed E-state index contributed by atoms with van der Waals surface area (Å²) in [5, 5.41) is 4.05. The number of benzene rings is 3. The van der Waals surface area contributed by atoms with Crippen molar-refractivity contribution in [1.82, 2.24) is 5.43 Å². The zero-order valence-corrected chi connectivity index (χ0v) is 20.2. The molecular formula is C25H25BrN2O5. The van der Waals surface area contributed by atoms with Crippen molar-refractivity contribution in [1.29, 1.82) is 0 Å². The average molecular weight is 513 g/mol. The molecular weight excluding hydrogens is 488 g/mol. The Morgan fingerprint density at radius 3 is 2.27 bits per heavy atom. The van der Waals surface area contributed by atoms with E-state index in [2.05, 4.69) is 26.5 Å². The van der Waals surface area contributed by atoms with E-state index in [4.69, 9.17) is 18.9 Å². The minimum absolute atomic E-state index is 0.370. The molecule has 0 saturated heterocycles. The molecule has 172 valence electrons. The molecule has 0 saturated carbocycles. The zero-order valence-electron chi connectivity index (χ0n) is 18.6. The second-order valence-electron chi connectivity index (χ2n) is 6.85. The largest absolute Gasteiger partial charge is 0.497 e. The van der Waals surface area contributed by atoms with Crippen LogP contribution in [0.3, 0.4) is 0 Å². The molecule has 0 aromatic heterocycles. The van der Waals surface area contributed by atoms with Crippen LogP contribution >= 0.6 is 15.9 Å². The van der Waals surface area contributed by atoms with Crippen LogP contribution in [0.5, 0.6) is 23.0 Å². The van der Waals surface area contributed by atoms with Crippen molar-refractivity contribution >= 4 is 28.1 Å². The molecule has 0 bridgehead atoms. The number of methoxy groups -OCH3 is 2. The molecule has 3 aromatic carbocycles. The lowest BCUT2D eigenvalue weighted by Crippen LogP contribution is -2.17. The third-order valence-corrected chi connectivity index (χ3v) is 5.10. The predicted molar refractivity (Wildman–Crippen MR) is 131 cm³/mol. The lowest BCUT2D eigenvalue weighted by Gasteiger charge is -2.12. The maximum absolute atomic E-state index is 12.5. The highest BCUT2D eigenvalue weighted by molar-refractivity contribution is 9.10. The number of ether oxygens (including phenoxy) is 4. The molecule has 7 nitrogen and oxygen atoms in total. The van der Waals surface area contributed by atoms with Crippen LogP contribution < -0.4 is 24.4 Å². The lowest BCUT2D eigenvalue weighted by atomic mass is 10.2. The predicted octanol–water partition coefficient (Wildman–Crippen LogP) is 5.21. The van der Waals surface area contributed by atoms with Crippen molar-refractivity contribution in [3.63, 3.8) is 0 Å². The standard InChI is InChI=1S/C25H25BrN2O5/c1-4-32-24-11-18(7-10-23(24)33-16-17-5-8-20(26)9-6-17)15-27-28-25(29)19-12-21(30-2)14-22(13-19)31-3/h5-15H,4,16H2,1-3H3,(H,28,29)/b27-15-. The molecule has 1 N–H and O–H groups in total. The van der Waals surface area contributed by atoms with Crippen molar-refractivity contribution in [3.8, 4) is 23.0 Å². The van der Waals surface area contributed by atoms with Gasteiger partial charge in [-0.05, 0) is 60.5 Å². The summed E-state index contributed by atoms with van der Waals surface area (Å²) in [4.78, 5) is 12.5. The molecule has 0 radical (unpaired) electrons. The van der Waals surface area contributed by atoms with Gasteiger partial charge in [0.25, 0.3) is 5.91 Å². The highest BCUT2D eigenvalue weighted by Crippen LogP contribution is 2.29. The Morgan fingerprint density at radius 2 is 1.64 bits per heavy atom. The molecule has 0 spiro atoms. The molecule has 33 heavy (non-hydrogen) atoms. The molecule has 8 heteroatoms. The van der Waals surface area contributed by atoms with E-state index in [-0.39, 0.29) is 5.91 Å². The first kappa shape index (κ1) is 24.1. The summed E-state index contributed by atoms with van der Waals surface area (Å²) in [6.45, 7) is 2.81. The number of carbonyl (C=O) groups excluding carboxylic acids is 1. The lowest BCUT2D eigenvalue weighted by molar-refractivity contribution is 0.0954. The topological polar surface area (TPSA) is 78.4 Å². The van der Waals surface area contributed by atoms with E-state index in [1.807, 2.05) is 49.4 Å². The third-order valence-electron chi connectivity index (χ3n) is 4.57. The fraction of sp³-hybridized carbons (Fsp3) is 0.200. The summed E-state index contributed by atoms with van der Waals surface area (Å²) in [5.41, 5.74) is 4.67. The zero-order chi connectivity index (χ0) is 23.6. The van der Waals surface area contributed by atoms with Crippen LogP contribution in [0.1, 0.15) is 28.4 Å². The normalized spacial score (nSPS) is 10.7. The Balaban J connectivity index is 1.67. The van der Waals surface area contributed by atoms with Crippen LogP contribution in [0, 0.1) is 0 Å². The van der Waals surface area contributed by atoms with Gasteiger partial charge in [-0.1, -0.05) is 28.1 Å². The number of nitrogens with zero attached hydrogens (tertiary/aromatic N) is 1. The van der Waals surface area contributed by atoms with E-state index < -0.39 is 0 Å². The highest BCUT2D eigenvalue weighted by atomic mass is 79.9. The van der Waals surface area contributed by atoms with Gasteiger partial charge >= 0.3 is 0 Å². The molecule has 0 atom stereocenters. The van der Waals surface area contributed by atoms with E-state index in [0.29, 0.717) is 41.8 Å². The van der Waals surface area contributed by atoms with Gasteiger partial charge in [-0.2, -0.15) is 5.10 Å². The van der Waals surface area contributed by atoms with Gasteiger partial charge in [0.05, 0.1) is 27.0 Å². The van der Waals surface area contributed by atoms with E-state index in [1.54, 1.807) is 18.2 Å². The number of hydrogen-bond acceptors (Lipinski definition) is 6. The van der Waals surface area contributed by atoms with Crippen molar-refractivity contribution in [3.05, 3.63) is 81.8 Å². The van der Waals surface area contributed by atoms with Crippen molar-refractivity contribution in [2.45, 2.75) is 13.5 Å². The fourth-order valence-electron chi connectivity index (χ4n) is 2.90. The van der Waals surface area contributed by atoms with Gasteiger partial charge in [0, 0.05) is 16.1 Å². The Morgan fingerprint density at radius 1 is 0.939 bits per heavy atom. The van der Waals surface area contributed by atoms with E-state index in [1.165, 1.54) is 20.4 Å². The maximum atomic E-state index is 12.5. The average Bonchev–Trinajstić information content (AvgIpc) is 2.84. The first-order chi connectivity index (χ1) is 16.0. The summed E-state index contributed by atoms with van der Waals surface area (Å²) >= 11 is 3.43. The van der Waals surface area contributed by atoms with Gasteiger partial charge in [-0.15, -0.1) is 0 Å². The van der Waals surface area contributed by atoms with Gasteiger partial charge in [0.15, 0.2) is 11.5 Å². The number of halogens is 1. The second-order valence-corrected chi connectivity index (χ2v) is 7.77. The van der Waals surface area contributed by atoms with Crippen molar-refractivity contribution in [2.75, 3.05) is 20.8 Å². The van der Waals surface area contributed by atoms with Gasteiger partial charge < -0.3 is 18.9 Å². The van der Waals surface area contributed by atoms with Gasteiger partial charge in [-0.3, -0.25) is 4.79 Å². The Labute approximate surface area is 201 Å². The summed E-state index contributed by atoms with van der Waals surface area (Å²) in [7, 11) is 3.05. The van der Waals surface area contributed by atoms with Crippen molar-refractivity contribution in [2.24, 2.45) is 5.10 Å². The second kappa shape index (κ2) is 11.9. The molecule has 0 heterocycles. The highest BCUT2D eigenvalue weighted by Gasteiger charge is 2.10. The van der Waals surface area contributed by atoms with Crippen LogP contribution in [0.2, 0.25) is 0 Å². The first-order valence-electron chi connectivity index (χ1n) is 10.2. The van der Waals surface area contributed by atoms with Crippen molar-refractivity contribution < 1.29 is 23.7 Å². The number of nitrogens with one attached hydrogen (secondary N) is 1. The van der Waals surface area contributed by atoms with Crippen LogP contribution in [-0.4, -0.2) is 32.9 Å². The molecule has 3 aromatic rings. The Bertz CT molecular complexity index is 1090. The third kappa shape index (κ3) is 6.98. The number of rotatable bonds is 10. The molecule has 0 aliphatic rings. The van der Waals surface area contributed by atoms with Crippen LogP contribution in [0.4, 0.5) is 0 Å². The van der Waals surface area contributed by atoms with Crippen LogP contribution in [-0.2, 0) is 6.61 Å². The molecule has 0 fully saturated rings. The smallest absolute Gasteiger partial charge is 0.271 e. The SMILES string of the molecule is CCOc1cc(/C=N\NC(=O)c2cc(OC)cc(OC)c2)ccc1OCc1ccc(Br)cc1. The molecule has 1 amide bonds. The van der Waals surface area contributed by atoms with Gasteiger partial charge in [0.1, 0.15) is 18.1 Å². The summed E-state index contributed by atoms with van der Waals surface area (Å²) < 4.78 is 23.1. The number of amides is 1. The summed E-state index contributed by atoms with van der Waals surface area (Å²) in [5.74, 6) is 1.88. The monoisotopic (exact) mass is 512 g/mol. The summed E-state index contributed by atoms with van der Waals surface area (Å²) in [6, 6.07) is 18.3. The van der Waals surface area contributed by atoms with Crippen LogP contribution in [0.25, 0.3) is 0 Å². The van der Waals surface area contributed by atoms with Gasteiger partial charge in [-0.25, -0.2) is 5.43 Å². The van der Waals surface area contributed by atoms with E-state index >= 15 is 0 Å². The Kier molecular flexibility index (Phi) is 8.71. The first-order valence-corrected chi connectivity index (χ1v) is 11.0. The molecule has 3 rings (SSSR count). The minimum atomic E-state index is -0.386. The number of hydrogen-bond donors (Lipinski definition) is 1. The van der Waals surface area contributed by atoms with Crippen LogP contribution in [0.15, 0.2) is 70.2 Å². The number of carbonyl (C=O) groups is 1. The number of hydrazone groups is 1. The quantitative estimate of drug-likeness (QED) is 0.298. The molecule has 0 unspecified atom stereocenters. The Hall–Kier alpha value is -3.52. The van der Waals surface area contributed by atoms with E-state index in [9.17, 15) is 4.79 Å².